The average Bonchev–Trinajstić information content (AvgIpc) is 2.31. The molecule has 4 unspecified atom stereocenters. The van der Waals surface area contributed by atoms with Crippen molar-refractivity contribution in [3.05, 3.63) is 0 Å². The minimum Gasteiger partial charge on any atom is -0.377 e. The van der Waals surface area contributed by atoms with Crippen molar-refractivity contribution < 1.29 is 4.74 Å². The van der Waals surface area contributed by atoms with Crippen molar-refractivity contribution in [2.24, 2.45) is 5.92 Å². The third-order valence-electron chi connectivity index (χ3n) is 4.00. The zero-order valence-corrected chi connectivity index (χ0v) is 12.2. The van der Waals surface area contributed by atoms with Crippen molar-refractivity contribution in [1.82, 2.24) is 10.2 Å². The molecule has 0 aromatic rings. The van der Waals surface area contributed by atoms with Crippen molar-refractivity contribution in [2.75, 3.05) is 26.2 Å². The summed E-state index contributed by atoms with van der Waals surface area (Å²) in [6.07, 6.45) is 1.60. The van der Waals surface area contributed by atoms with Gasteiger partial charge in [-0.15, -0.1) is 0 Å². The van der Waals surface area contributed by atoms with Crippen LogP contribution in [0.5, 0.6) is 0 Å². The molecule has 17 heavy (non-hydrogen) atoms. The maximum atomic E-state index is 5.65. The van der Waals surface area contributed by atoms with E-state index in [2.05, 4.69) is 44.8 Å². The van der Waals surface area contributed by atoms with Crippen LogP contribution in [-0.2, 0) is 4.74 Å². The van der Waals surface area contributed by atoms with E-state index in [1.54, 1.807) is 0 Å². The highest BCUT2D eigenvalue weighted by atomic mass is 16.5. The van der Waals surface area contributed by atoms with Gasteiger partial charge in [-0.3, -0.25) is 4.90 Å². The molecule has 4 atom stereocenters. The summed E-state index contributed by atoms with van der Waals surface area (Å²) in [7, 11) is 0. The van der Waals surface area contributed by atoms with Gasteiger partial charge in [0.2, 0.25) is 0 Å². The van der Waals surface area contributed by atoms with Crippen LogP contribution in [0.15, 0.2) is 0 Å². The molecule has 0 saturated carbocycles. The Bertz CT molecular complexity index is 210. The van der Waals surface area contributed by atoms with Crippen LogP contribution >= 0.6 is 0 Å². The summed E-state index contributed by atoms with van der Waals surface area (Å²) in [4.78, 5) is 2.58. The monoisotopic (exact) mass is 242 g/mol. The first-order chi connectivity index (χ1) is 8.08. The number of hydrogen-bond acceptors (Lipinski definition) is 3. The molecule has 0 bridgehead atoms. The molecule has 102 valence electrons. The second-order valence-electron chi connectivity index (χ2n) is 5.47. The first-order valence-electron chi connectivity index (χ1n) is 7.17. The van der Waals surface area contributed by atoms with Crippen LogP contribution in [0.2, 0.25) is 0 Å². The van der Waals surface area contributed by atoms with Crippen molar-refractivity contribution in [1.29, 1.82) is 0 Å². The van der Waals surface area contributed by atoms with Gasteiger partial charge < -0.3 is 10.1 Å². The molecule has 1 N–H and O–H groups in total. The van der Waals surface area contributed by atoms with Crippen molar-refractivity contribution in [2.45, 2.75) is 59.2 Å². The quantitative estimate of drug-likeness (QED) is 0.772. The SMILES string of the molecule is CCOC(C)CN1CC(C(C)CC)NCC1C. The third kappa shape index (κ3) is 4.57. The molecular formula is C14H30N2O. The zero-order valence-electron chi connectivity index (χ0n) is 12.2. The van der Waals surface area contributed by atoms with Gasteiger partial charge >= 0.3 is 0 Å². The summed E-state index contributed by atoms with van der Waals surface area (Å²) in [5.41, 5.74) is 0. The Morgan fingerprint density at radius 3 is 2.65 bits per heavy atom. The largest absolute Gasteiger partial charge is 0.377 e. The number of hydrogen-bond donors (Lipinski definition) is 1. The van der Waals surface area contributed by atoms with Crippen LogP contribution in [0, 0.1) is 5.92 Å². The Labute approximate surface area is 107 Å². The van der Waals surface area contributed by atoms with Gasteiger partial charge in [0.1, 0.15) is 0 Å². The molecule has 1 fully saturated rings. The predicted molar refractivity (Wildman–Crippen MR) is 73.4 cm³/mol. The van der Waals surface area contributed by atoms with E-state index in [-0.39, 0.29) is 0 Å². The topological polar surface area (TPSA) is 24.5 Å². The van der Waals surface area contributed by atoms with E-state index in [0.717, 1.165) is 32.2 Å². The lowest BCUT2D eigenvalue weighted by molar-refractivity contribution is 0.0190. The van der Waals surface area contributed by atoms with Gasteiger partial charge in [-0.25, -0.2) is 0 Å². The lowest BCUT2D eigenvalue weighted by Gasteiger charge is -2.41. The maximum absolute atomic E-state index is 5.65. The molecule has 0 amide bonds. The predicted octanol–water partition coefficient (Wildman–Crippen LogP) is 2.12. The first kappa shape index (κ1) is 14.9. The Morgan fingerprint density at radius 1 is 1.35 bits per heavy atom. The van der Waals surface area contributed by atoms with E-state index < -0.39 is 0 Å². The fourth-order valence-electron chi connectivity index (χ4n) is 2.54. The lowest BCUT2D eigenvalue weighted by Crippen LogP contribution is -2.58. The summed E-state index contributed by atoms with van der Waals surface area (Å²) in [5, 5.41) is 3.67. The van der Waals surface area contributed by atoms with Gasteiger partial charge in [0.05, 0.1) is 6.10 Å². The smallest absolute Gasteiger partial charge is 0.0673 e. The van der Waals surface area contributed by atoms with E-state index in [0.29, 0.717) is 18.2 Å². The Balaban J connectivity index is 2.45. The van der Waals surface area contributed by atoms with Crippen molar-refractivity contribution in [3.63, 3.8) is 0 Å². The Morgan fingerprint density at radius 2 is 2.06 bits per heavy atom. The molecule has 1 heterocycles. The zero-order chi connectivity index (χ0) is 12.8. The highest BCUT2D eigenvalue weighted by Crippen LogP contribution is 2.16. The molecule has 1 aliphatic rings. The van der Waals surface area contributed by atoms with E-state index in [4.69, 9.17) is 4.74 Å². The minimum atomic E-state index is 0.345. The van der Waals surface area contributed by atoms with Gasteiger partial charge in [-0.05, 0) is 26.7 Å². The third-order valence-corrected chi connectivity index (χ3v) is 4.00. The fourth-order valence-corrected chi connectivity index (χ4v) is 2.54. The van der Waals surface area contributed by atoms with Crippen molar-refractivity contribution >= 4 is 0 Å². The van der Waals surface area contributed by atoms with Crippen LogP contribution in [-0.4, -0.2) is 49.3 Å². The van der Waals surface area contributed by atoms with Gasteiger partial charge in [0, 0.05) is 38.3 Å². The minimum absolute atomic E-state index is 0.345. The van der Waals surface area contributed by atoms with E-state index in [1.165, 1.54) is 6.42 Å². The van der Waals surface area contributed by atoms with Crippen LogP contribution in [0.3, 0.4) is 0 Å². The molecule has 3 nitrogen and oxygen atoms in total. The normalized spacial score (nSPS) is 30.2. The molecule has 0 aromatic carbocycles. The Kier molecular flexibility index (Phi) is 6.45. The molecule has 0 aliphatic carbocycles. The second-order valence-corrected chi connectivity index (χ2v) is 5.47. The molecule has 1 aliphatic heterocycles. The standard InChI is InChI=1S/C14H30N2O/c1-6-11(3)14-10-16(12(4)8-15-14)9-13(5)17-7-2/h11-15H,6-10H2,1-5H3. The summed E-state index contributed by atoms with van der Waals surface area (Å²) in [5.74, 6) is 0.757. The van der Waals surface area contributed by atoms with E-state index >= 15 is 0 Å². The summed E-state index contributed by atoms with van der Waals surface area (Å²) in [6.45, 7) is 15.3. The number of nitrogens with one attached hydrogen (secondary N) is 1. The molecule has 3 heteroatoms. The molecule has 0 spiro atoms. The molecular weight excluding hydrogens is 212 g/mol. The molecule has 0 aromatic heterocycles. The van der Waals surface area contributed by atoms with E-state index in [1.807, 2.05) is 0 Å². The molecule has 0 radical (unpaired) electrons. The highest BCUT2D eigenvalue weighted by molar-refractivity contribution is 4.87. The number of nitrogens with zero attached hydrogens (tertiary/aromatic N) is 1. The van der Waals surface area contributed by atoms with Gasteiger partial charge in [0.25, 0.3) is 0 Å². The molecule has 1 saturated heterocycles. The molecule has 1 rings (SSSR count). The first-order valence-corrected chi connectivity index (χ1v) is 7.17. The average molecular weight is 242 g/mol. The highest BCUT2D eigenvalue weighted by Gasteiger charge is 2.28. The van der Waals surface area contributed by atoms with Gasteiger partial charge in [0.15, 0.2) is 0 Å². The van der Waals surface area contributed by atoms with Gasteiger partial charge in [-0.1, -0.05) is 20.3 Å². The maximum Gasteiger partial charge on any atom is 0.0673 e. The summed E-state index contributed by atoms with van der Waals surface area (Å²) < 4.78 is 5.65. The number of rotatable bonds is 6. The van der Waals surface area contributed by atoms with Crippen molar-refractivity contribution in [3.8, 4) is 0 Å². The fraction of sp³-hybridized carbons (Fsp3) is 1.00. The number of ether oxygens (including phenoxy) is 1. The summed E-state index contributed by atoms with van der Waals surface area (Å²) >= 11 is 0. The van der Waals surface area contributed by atoms with Crippen LogP contribution in [0.1, 0.15) is 41.0 Å². The van der Waals surface area contributed by atoms with Crippen LogP contribution < -0.4 is 5.32 Å². The second kappa shape index (κ2) is 7.34. The number of piperazine rings is 1. The van der Waals surface area contributed by atoms with Gasteiger partial charge in [-0.2, -0.15) is 0 Å². The summed E-state index contributed by atoms with van der Waals surface area (Å²) in [6, 6.07) is 1.27. The Hall–Kier alpha value is -0.120. The van der Waals surface area contributed by atoms with E-state index in [9.17, 15) is 0 Å². The lowest BCUT2D eigenvalue weighted by atomic mass is 9.95. The van der Waals surface area contributed by atoms with Crippen LogP contribution in [0.25, 0.3) is 0 Å². The van der Waals surface area contributed by atoms with Crippen LogP contribution in [0.4, 0.5) is 0 Å².